The number of aliphatic hydroxyl groups excluding tert-OH is 1. The smallest absolute Gasteiger partial charge is 0.236 e. The molecular weight excluding hydrogens is 192 g/mol. The van der Waals surface area contributed by atoms with E-state index in [-0.39, 0.29) is 12.5 Å². The maximum absolute atomic E-state index is 11.6. The van der Waals surface area contributed by atoms with Gasteiger partial charge in [-0.15, -0.1) is 0 Å². The first-order valence-electron chi connectivity index (χ1n) is 5.75. The highest BCUT2D eigenvalue weighted by atomic mass is 16.2. The highest BCUT2D eigenvalue weighted by molar-refractivity contribution is 5.78. The maximum atomic E-state index is 11.6. The van der Waals surface area contributed by atoms with Crippen molar-refractivity contribution in [2.45, 2.75) is 44.7 Å². The number of likely N-dealkylation sites (N-methyl/N-ethyl adjacent to an activating group) is 1. The zero-order valence-corrected chi connectivity index (χ0v) is 9.70. The normalized spacial score (nSPS) is 17.5. The van der Waals surface area contributed by atoms with Crippen LogP contribution in [0, 0.1) is 0 Å². The predicted octanol–water partition coefficient (Wildman–Crippen LogP) is 0.358. The van der Waals surface area contributed by atoms with Crippen molar-refractivity contribution in [3.63, 3.8) is 0 Å². The van der Waals surface area contributed by atoms with E-state index >= 15 is 0 Å². The summed E-state index contributed by atoms with van der Waals surface area (Å²) < 4.78 is 0. The Hall–Kier alpha value is -0.610. The van der Waals surface area contributed by atoms with Crippen LogP contribution in [0.15, 0.2) is 0 Å². The standard InChI is InChI=1S/C11H22N2O2/c1-9(4-3-7-14)12-8-11(15)13(2)10-5-6-10/h9-10,12,14H,3-8H2,1-2H3. The van der Waals surface area contributed by atoms with Gasteiger partial charge in [-0.25, -0.2) is 0 Å². The van der Waals surface area contributed by atoms with E-state index in [2.05, 4.69) is 5.32 Å². The van der Waals surface area contributed by atoms with Crippen LogP contribution in [0.25, 0.3) is 0 Å². The van der Waals surface area contributed by atoms with Crippen molar-refractivity contribution in [3.8, 4) is 0 Å². The molecule has 4 heteroatoms. The molecule has 0 saturated heterocycles. The van der Waals surface area contributed by atoms with Crippen molar-refractivity contribution in [1.29, 1.82) is 0 Å². The summed E-state index contributed by atoms with van der Waals surface area (Å²) in [5.41, 5.74) is 0. The molecule has 1 amide bonds. The Bertz CT molecular complexity index is 205. The summed E-state index contributed by atoms with van der Waals surface area (Å²) in [6.07, 6.45) is 4.02. The lowest BCUT2D eigenvalue weighted by atomic mass is 10.2. The maximum Gasteiger partial charge on any atom is 0.236 e. The minimum absolute atomic E-state index is 0.174. The van der Waals surface area contributed by atoms with Gasteiger partial charge in [0, 0.05) is 25.7 Å². The Morgan fingerprint density at radius 2 is 2.27 bits per heavy atom. The van der Waals surface area contributed by atoms with Crippen LogP contribution in [0.5, 0.6) is 0 Å². The first-order chi connectivity index (χ1) is 7.15. The highest BCUT2D eigenvalue weighted by Gasteiger charge is 2.29. The van der Waals surface area contributed by atoms with Crippen LogP contribution in [0.4, 0.5) is 0 Å². The second-order valence-electron chi connectivity index (χ2n) is 4.38. The number of hydrogen-bond acceptors (Lipinski definition) is 3. The summed E-state index contributed by atoms with van der Waals surface area (Å²) in [5.74, 6) is 0.174. The zero-order chi connectivity index (χ0) is 11.3. The Morgan fingerprint density at radius 1 is 1.60 bits per heavy atom. The third-order valence-corrected chi connectivity index (χ3v) is 2.88. The third kappa shape index (κ3) is 4.62. The number of carbonyl (C=O) groups excluding carboxylic acids is 1. The minimum atomic E-state index is 0.174. The average Bonchev–Trinajstić information content (AvgIpc) is 3.05. The number of amides is 1. The third-order valence-electron chi connectivity index (χ3n) is 2.88. The van der Waals surface area contributed by atoms with Gasteiger partial charge < -0.3 is 15.3 Å². The number of nitrogens with one attached hydrogen (secondary N) is 1. The number of nitrogens with zero attached hydrogens (tertiary/aromatic N) is 1. The second-order valence-corrected chi connectivity index (χ2v) is 4.38. The largest absolute Gasteiger partial charge is 0.396 e. The molecule has 0 heterocycles. The van der Waals surface area contributed by atoms with E-state index in [1.165, 1.54) is 0 Å². The Balaban J connectivity index is 2.09. The molecule has 0 aromatic heterocycles. The van der Waals surface area contributed by atoms with Crippen LogP contribution in [0.1, 0.15) is 32.6 Å². The molecule has 4 nitrogen and oxygen atoms in total. The molecule has 1 saturated carbocycles. The van der Waals surface area contributed by atoms with E-state index in [1.807, 2.05) is 18.9 Å². The van der Waals surface area contributed by atoms with Crippen molar-refractivity contribution < 1.29 is 9.90 Å². The topological polar surface area (TPSA) is 52.6 Å². The van der Waals surface area contributed by atoms with Gasteiger partial charge >= 0.3 is 0 Å². The van der Waals surface area contributed by atoms with Gasteiger partial charge in [-0.1, -0.05) is 0 Å². The molecule has 1 atom stereocenters. The van der Waals surface area contributed by atoms with Gasteiger partial charge in [-0.2, -0.15) is 0 Å². The summed E-state index contributed by atoms with van der Waals surface area (Å²) in [7, 11) is 1.88. The lowest BCUT2D eigenvalue weighted by Gasteiger charge is -2.18. The monoisotopic (exact) mass is 214 g/mol. The second kappa shape index (κ2) is 6.08. The number of hydrogen-bond donors (Lipinski definition) is 2. The molecule has 0 aliphatic heterocycles. The molecule has 1 aliphatic carbocycles. The van der Waals surface area contributed by atoms with Crippen LogP contribution in [-0.2, 0) is 4.79 Å². The Morgan fingerprint density at radius 3 is 2.80 bits per heavy atom. The minimum Gasteiger partial charge on any atom is -0.396 e. The summed E-state index contributed by atoms with van der Waals surface area (Å²) in [6, 6.07) is 0.792. The molecule has 0 aromatic rings. The predicted molar refractivity (Wildman–Crippen MR) is 59.6 cm³/mol. The molecule has 1 rings (SSSR count). The number of rotatable bonds is 7. The van der Waals surface area contributed by atoms with Crippen LogP contribution in [0.3, 0.4) is 0 Å². The molecule has 2 N–H and O–H groups in total. The molecule has 0 aromatic carbocycles. The van der Waals surface area contributed by atoms with Crippen molar-refractivity contribution in [2.75, 3.05) is 20.2 Å². The van der Waals surface area contributed by atoms with Crippen molar-refractivity contribution in [3.05, 3.63) is 0 Å². The van der Waals surface area contributed by atoms with Crippen molar-refractivity contribution in [1.82, 2.24) is 10.2 Å². The van der Waals surface area contributed by atoms with E-state index in [9.17, 15) is 4.79 Å². The first kappa shape index (κ1) is 12.5. The Kier molecular flexibility index (Phi) is 5.05. The molecule has 0 radical (unpaired) electrons. The fraction of sp³-hybridized carbons (Fsp3) is 0.909. The fourth-order valence-electron chi connectivity index (χ4n) is 1.55. The molecule has 0 bridgehead atoms. The first-order valence-corrected chi connectivity index (χ1v) is 5.75. The summed E-state index contributed by atoms with van der Waals surface area (Å²) in [4.78, 5) is 13.5. The molecule has 1 aliphatic rings. The Labute approximate surface area is 91.6 Å². The highest BCUT2D eigenvalue weighted by Crippen LogP contribution is 2.25. The summed E-state index contributed by atoms with van der Waals surface area (Å²) >= 11 is 0. The summed E-state index contributed by atoms with van der Waals surface area (Å²) in [6.45, 7) is 2.68. The van der Waals surface area contributed by atoms with Crippen LogP contribution >= 0.6 is 0 Å². The van der Waals surface area contributed by atoms with E-state index in [0.29, 0.717) is 18.6 Å². The van der Waals surface area contributed by atoms with Crippen LogP contribution in [0.2, 0.25) is 0 Å². The van der Waals surface area contributed by atoms with E-state index in [4.69, 9.17) is 5.11 Å². The molecule has 0 spiro atoms. The van der Waals surface area contributed by atoms with Gasteiger partial charge in [0.25, 0.3) is 0 Å². The fourth-order valence-corrected chi connectivity index (χ4v) is 1.55. The van der Waals surface area contributed by atoms with Crippen LogP contribution < -0.4 is 5.32 Å². The molecule has 1 fully saturated rings. The van der Waals surface area contributed by atoms with Gasteiger partial charge in [0.15, 0.2) is 0 Å². The number of carbonyl (C=O) groups is 1. The lowest BCUT2D eigenvalue weighted by molar-refractivity contribution is -0.129. The quantitative estimate of drug-likeness (QED) is 0.643. The van der Waals surface area contributed by atoms with Gasteiger partial charge in [-0.05, 0) is 32.6 Å². The van der Waals surface area contributed by atoms with Gasteiger partial charge in [0.1, 0.15) is 0 Å². The lowest BCUT2D eigenvalue weighted by Crippen LogP contribution is -2.40. The van der Waals surface area contributed by atoms with Crippen molar-refractivity contribution >= 4 is 5.91 Å². The van der Waals surface area contributed by atoms with Gasteiger partial charge in [0.05, 0.1) is 6.54 Å². The van der Waals surface area contributed by atoms with E-state index in [1.54, 1.807) is 0 Å². The summed E-state index contributed by atoms with van der Waals surface area (Å²) in [5, 5.41) is 11.8. The molecular formula is C11H22N2O2. The van der Waals surface area contributed by atoms with Crippen LogP contribution in [-0.4, -0.2) is 48.2 Å². The molecule has 1 unspecified atom stereocenters. The average molecular weight is 214 g/mol. The molecule has 88 valence electrons. The number of aliphatic hydroxyl groups is 1. The van der Waals surface area contributed by atoms with E-state index in [0.717, 1.165) is 25.7 Å². The zero-order valence-electron chi connectivity index (χ0n) is 9.70. The van der Waals surface area contributed by atoms with E-state index < -0.39 is 0 Å². The van der Waals surface area contributed by atoms with Gasteiger partial charge in [0.2, 0.25) is 5.91 Å². The van der Waals surface area contributed by atoms with Crippen molar-refractivity contribution in [2.24, 2.45) is 0 Å². The SMILES string of the molecule is CC(CCCO)NCC(=O)N(C)C1CC1. The molecule has 15 heavy (non-hydrogen) atoms. The van der Waals surface area contributed by atoms with Gasteiger partial charge in [-0.3, -0.25) is 4.79 Å².